The third kappa shape index (κ3) is 9.10. The van der Waals surface area contributed by atoms with Gasteiger partial charge in [-0.2, -0.15) is 0 Å². The summed E-state index contributed by atoms with van der Waals surface area (Å²) in [4.78, 5) is 4.56. The van der Waals surface area contributed by atoms with Crippen LogP contribution in [0.4, 0.5) is 0 Å². The number of aliphatic imine (C=N–C) groups is 1. The van der Waals surface area contributed by atoms with E-state index in [0.717, 1.165) is 36.8 Å². The van der Waals surface area contributed by atoms with Gasteiger partial charge < -0.3 is 20.1 Å². The Kier molecular flexibility index (Phi) is 12.3. The van der Waals surface area contributed by atoms with Crippen LogP contribution in [0, 0.1) is 0 Å². The van der Waals surface area contributed by atoms with E-state index in [1.54, 1.807) is 7.11 Å². The summed E-state index contributed by atoms with van der Waals surface area (Å²) in [6, 6.07) is 18.3. The van der Waals surface area contributed by atoms with Gasteiger partial charge in [-0.1, -0.05) is 48.5 Å². The highest BCUT2D eigenvalue weighted by Gasteiger charge is 2.01. The van der Waals surface area contributed by atoms with E-state index < -0.39 is 0 Å². The molecular formula is C21H30IN3O2. The number of benzene rings is 2. The van der Waals surface area contributed by atoms with Crippen LogP contribution >= 0.6 is 24.0 Å². The van der Waals surface area contributed by atoms with Gasteiger partial charge in [0.05, 0.1) is 26.9 Å². The monoisotopic (exact) mass is 483 g/mol. The fourth-order valence-corrected chi connectivity index (χ4v) is 2.54. The average Bonchev–Trinajstić information content (AvgIpc) is 2.69. The molecule has 0 saturated carbocycles. The quantitative estimate of drug-likeness (QED) is 0.235. The summed E-state index contributed by atoms with van der Waals surface area (Å²) in [7, 11) is 1.67. The predicted octanol–water partition coefficient (Wildman–Crippen LogP) is 3.63. The topological polar surface area (TPSA) is 54.9 Å². The fourth-order valence-electron chi connectivity index (χ4n) is 2.54. The first-order valence-electron chi connectivity index (χ1n) is 9.09. The number of para-hydroxylation sites is 1. The number of halogens is 1. The molecule has 148 valence electrons. The van der Waals surface area contributed by atoms with Crippen LogP contribution in [0.5, 0.6) is 5.75 Å². The first kappa shape index (κ1) is 23.2. The molecule has 0 spiro atoms. The zero-order valence-corrected chi connectivity index (χ0v) is 18.4. The van der Waals surface area contributed by atoms with Crippen LogP contribution in [0.15, 0.2) is 59.6 Å². The molecule has 2 rings (SSSR count). The maximum Gasteiger partial charge on any atom is 0.191 e. The number of guanidine groups is 1. The van der Waals surface area contributed by atoms with E-state index in [4.69, 9.17) is 9.47 Å². The van der Waals surface area contributed by atoms with Crippen molar-refractivity contribution in [1.29, 1.82) is 0 Å². The molecule has 0 amide bonds. The standard InChI is InChI=1S/C21H29N3O2.HI/c1-3-22-21(23-14-13-18-9-5-4-6-10-18)24-15-16-26-17-19-11-7-8-12-20(19)25-2;/h4-12H,3,13-17H2,1-2H3,(H2,22,23,24);1H. The lowest BCUT2D eigenvalue weighted by molar-refractivity contribution is 0.126. The van der Waals surface area contributed by atoms with Crippen molar-refractivity contribution < 1.29 is 9.47 Å². The summed E-state index contributed by atoms with van der Waals surface area (Å²) in [6.45, 7) is 5.43. The molecule has 5 nitrogen and oxygen atoms in total. The molecule has 27 heavy (non-hydrogen) atoms. The van der Waals surface area contributed by atoms with E-state index in [0.29, 0.717) is 19.8 Å². The second kappa shape index (κ2) is 14.3. The van der Waals surface area contributed by atoms with Crippen molar-refractivity contribution in [2.45, 2.75) is 20.0 Å². The Morgan fingerprint density at radius 1 is 1.00 bits per heavy atom. The molecule has 0 aliphatic heterocycles. The molecule has 0 saturated heterocycles. The number of ether oxygens (including phenoxy) is 2. The summed E-state index contributed by atoms with van der Waals surface area (Å²) in [5.74, 6) is 1.68. The van der Waals surface area contributed by atoms with Crippen LogP contribution in [0.1, 0.15) is 18.1 Å². The lowest BCUT2D eigenvalue weighted by Crippen LogP contribution is -2.38. The Morgan fingerprint density at radius 3 is 2.48 bits per heavy atom. The number of methoxy groups -OCH3 is 1. The van der Waals surface area contributed by atoms with Crippen LogP contribution in [0.2, 0.25) is 0 Å². The van der Waals surface area contributed by atoms with Crippen molar-refractivity contribution >= 4 is 29.9 Å². The van der Waals surface area contributed by atoms with Crippen LogP contribution in [-0.4, -0.2) is 39.3 Å². The Morgan fingerprint density at radius 2 is 1.74 bits per heavy atom. The number of nitrogens with zero attached hydrogens (tertiary/aromatic N) is 1. The first-order chi connectivity index (χ1) is 12.8. The van der Waals surface area contributed by atoms with Gasteiger partial charge in [-0.25, -0.2) is 0 Å². The summed E-state index contributed by atoms with van der Waals surface area (Å²) in [5.41, 5.74) is 2.36. The van der Waals surface area contributed by atoms with Crippen LogP contribution in [0.25, 0.3) is 0 Å². The second-order valence-electron chi connectivity index (χ2n) is 5.79. The Balaban J connectivity index is 0.00000364. The molecule has 0 bridgehead atoms. The van der Waals surface area contributed by atoms with Crippen molar-refractivity contribution in [3.8, 4) is 5.75 Å². The van der Waals surface area contributed by atoms with Gasteiger partial charge in [-0.3, -0.25) is 4.99 Å². The molecular weight excluding hydrogens is 453 g/mol. The van der Waals surface area contributed by atoms with Crippen molar-refractivity contribution in [2.24, 2.45) is 4.99 Å². The fraction of sp³-hybridized carbons (Fsp3) is 0.381. The summed E-state index contributed by atoms with van der Waals surface area (Å²) in [5, 5.41) is 6.62. The van der Waals surface area contributed by atoms with Gasteiger partial charge in [-0.05, 0) is 25.0 Å². The zero-order chi connectivity index (χ0) is 18.5. The van der Waals surface area contributed by atoms with Crippen molar-refractivity contribution in [3.05, 3.63) is 65.7 Å². The minimum atomic E-state index is 0. The molecule has 0 aliphatic rings. The largest absolute Gasteiger partial charge is 0.496 e. The van der Waals surface area contributed by atoms with Crippen molar-refractivity contribution in [2.75, 3.05) is 33.4 Å². The summed E-state index contributed by atoms with van der Waals surface area (Å²) in [6.07, 6.45) is 0.968. The van der Waals surface area contributed by atoms with E-state index in [1.807, 2.05) is 30.3 Å². The number of rotatable bonds is 10. The molecule has 0 fully saturated rings. The third-order valence-corrected chi connectivity index (χ3v) is 3.85. The van der Waals surface area contributed by atoms with E-state index >= 15 is 0 Å². The van der Waals surface area contributed by atoms with Crippen LogP contribution in [0.3, 0.4) is 0 Å². The summed E-state index contributed by atoms with van der Waals surface area (Å²) < 4.78 is 11.0. The van der Waals surface area contributed by atoms with E-state index in [-0.39, 0.29) is 24.0 Å². The van der Waals surface area contributed by atoms with Gasteiger partial charge >= 0.3 is 0 Å². The smallest absolute Gasteiger partial charge is 0.191 e. The van der Waals surface area contributed by atoms with E-state index in [1.165, 1.54) is 5.56 Å². The maximum absolute atomic E-state index is 5.72. The lowest BCUT2D eigenvalue weighted by atomic mass is 10.1. The maximum atomic E-state index is 5.72. The van der Waals surface area contributed by atoms with Gasteiger partial charge in [0.1, 0.15) is 5.75 Å². The highest BCUT2D eigenvalue weighted by atomic mass is 127. The molecule has 0 radical (unpaired) electrons. The normalized spacial score (nSPS) is 10.8. The molecule has 0 heterocycles. The predicted molar refractivity (Wildman–Crippen MR) is 122 cm³/mol. The molecule has 0 unspecified atom stereocenters. The SMILES string of the molecule is CCNC(=NCCOCc1ccccc1OC)NCCc1ccccc1.I. The Hall–Kier alpha value is -1.80. The lowest BCUT2D eigenvalue weighted by Gasteiger charge is -2.12. The van der Waals surface area contributed by atoms with Crippen LogP contribution in [-0.2, 0) is 17.8 Å². The molecule has 6 heteroatoms. The molecule has 0 aliphatic carbocycles. The van der Waals surface area contributed by atoms with E-state index in [2.05, 4.69) is 46.8 Å². The average molecular weight is 483 g/mol. The highest BCUT2D eigenvalue weighted by Crippen LogP contribution is 2.17. The van der Waals surface area contributed by atoms with Crippen molar-refractivity contribution in [3.63, 3.8) is 0 Å². The minimum absolute atomic E-state index is 0. The van der Waals surface area contributed by atoms with Gasteiger partial charge in [0.15, 0.2) is 5.96 Å². The minimum Gasteiger partial charge on any atom is -0.496 e. The third-order valence-electron chi connectivity index (χ3n) is 3.85. The highest BCUT2D eigenvalue weighted by molar-refractivity contribution is 14.0. The number of hydrogen-bond donors (Lipinski definition) is 2. The van der Waals surface area contributed by atoms with Gasteiger partial charge in [-0.15, -0.1) is 24.0 Å². The second-order valence-corrected chi connectivity index (χ2v) is 5.79. The molecule has 0 aromatic heterocycles. The van der Waals surface area contributed by atoms with E-state index in [9.17, 15) is 0 Å². The molecule has 2 N–H and O–H groups in total. The summed E-state index contributed by atoms with van der Waals surface area (Å²) >= 11 is 0. The van der Waals surface area contributed by atoms with Gasteiger partial charge in [0, 0.05) is 18.7 Å². The zero-order valence-electron chi connectivity index (χ0n) is 16.1. The van der Waals surface area contributed by atoms with Crippen molar-refractivity contribution in [1.82, 2.24) is 10.6 Å². The van der Waals surface area contributed by atoms with Gasteiger partial charge in [0.2, 0.25) is 0 Å². The number of nitrogens with one attached hydrogen (secondary N) is 2. The number of hydrogen-bond acceptors (Lipinski definition) is 3. The first-order valence-corrected chi connectivity index (χ1v) is 9.09. The van der Waals surface area contributed by atoms with Gasteiger partial charge in [0.25, 0.3) is 0 Å². The molecule has 2 aromatic rings. The molecule has 0 atom stereocenters. The molecule has 2 aromatic carbocycles. The van der Waals surface area contributed by atoms with Crippen LogP contribution < -0.4 is 15.4 Å². The Bertz CT molecular complexity index is 665. The Labute approximate surface area is 179 Å².